The third-order valence-electron chi connectivity index (χ3n) is 4.39. The summed E-state index contributed by atoms with van der Waals surface area (Å²) < 4.78 is 0. The van der Waals surface area contributed by atoms with E-state index in [9.17, 15) is 9.90 Å². The van der Waals surface area contributed by atoms with E-state index >= 15 is 0 Å². The van der Waals surface area contributed by atoms with Crippen molar-refractivity contribution in [3.8, 4) is 5.75 Å². The second-order valence-corrected chi connectivity index (χ2v) is 5.89. The number of anilines is 1. The molecule has 1 heterocycles. The number of para-hydroxylation sites is 2. The number of rotatable bonds is 2. The minimum atomic E-state index is 0.0391. The summed E-state index contributed by atoms with van der Waals surface area (Å²) in [5, 5.41) is 13.0. The molecule has 1 atom stereocenters. The normalized spacial score (nSPS) is 21.7. The molecule has 118 valence electrons. The van der Waals surface area contributed by atoms with Gasteiger partial charge in [0.1, 0.15) is 5.75 Å². The van der Waals surface area contributed by atoms with Crippen molar-refractivity contribution in [2.24, 2.45) is 0 Å². The van der Waals surface area contributed by atoms with Crippen LogP contribution in [0.4, 0.5) is 10.5 Å². The lowest BCUT2D eigenvalue weighted by atomic mass is 10.0. The summed E-state index contributed by atoms with van der Waals surface area (Å²) in [5.41, 5.74) is 0.847. The quantitative estimate of drug-likeness (QED) is 0.824. The third kappa shape index (κ3) is 3.35. The van der Waals surface area contributed by atoms with Gasteiger partial charge in [0.25, 0.3) is 0 Å². The fourth-order valence-corrected chi connectivity index (χ4v) is 3.07. The second kappa shape index (κ2) is 6.73. The lowest BCUT2D eigenvalue weighted by Crippen LogP contribution is -2.53. The van der Waals surface area contributed by atoms with Crippen molar-refractivity contribution in [3.05, 3.63) is 36.4 Å². The van der Waals surface area contributed by atoms with Crippen LogP contribution in [0.5, 0.6) is 5.75 Å². The molecule has 0 unspecified atom stereocenters. The van der Waals surface area contributed by atoms with Gasteiger partial charge in [0.05, 0.1) is 5.69 Å². The number of nitrogens with zero attached hydrogens (tertiary/aromatic N) is 2. The number of urea groups is 1. The van der Waals surface area contributed by atoms with Crippen molar-refractivity contribution in [1.29, 1.82) is 0 Å². The summed E-state index contributed by atoms with van der Waals surface area (Å²) in [6, 6.07) is 7.67. The molecule has 0 saturated carbocycles. The van der Waals surface area contributed by atoms with E-state index in [-0.39, 0.29) is 12.1 Å². The molecule has 1 aromatic carbocycles. The highest BCUT2D eigenvalue weighted by Gasteiger charge is 2.24. The number of allylic oxidation sites excluding steroid dienone is 1. The number of amides is 2. The Labute approximate surface area is 131 Å². The number of carbonyl (C=O) groups is 1. The highest BCUT2D eigenvalue weighted by Crippen LogP contribution is 2.27. The van der Waals surface area contributed by atoms with Gasteiger partial charge in [-0.25, -0.2) is 4.79 Å². The van der Waals surface area contributed by atoms with E-state index in [0.717, 1.165) is 38.0 Å². The molecule has 2 amide bonds. The lowest BCUT2D eigenvalue weighted by molar-refractivity contribution is 0.189. The molecule has 1 saturated heterocycles. The van der Waals surface area contributed by atoms with Crippen molar-refractivity contribution in [1.82, 2.24) is 10.2 Å². The zero-order valence-corrected chi connectivity index (χ0v) is 12.7. The van der Waals surface area contributed by atoms with Gasteiger partial charge in [0.2, 0.25) is 0 Å². The van der Waals surface area contributed by atoms with Gasteiger partial charge < -0.3 is 20.2 Å². The minimum Gasteiger partial charge on any atom is -0.506 e. The average Bonchev–Trinajstić information content (AvgIpc) is 2.56. The van der Waals surface area contributed by atoms with Crippen molar-refractivity contribution in [2.45, 2.75) is 25.3 Å². The number of benzene rings is 1. The van der Waals surface area contributed by atoms with Crippen LogP contribution in [0.15, 0.2) is 36.4 Å². The van der Waals surface area contributed by atoms with Crippen LogP contribution in [0.2, 0.25) is 0 Å². The van der Waals surface area contributed by atoms with Crippen LogP contribution in [-0.4, -0.2) is 48.3 Å². The Bertz CT molecular complexity index is 551. The maximum atomic E-state index is 12.3. The van der Waals surface area contributed by atoms with Gasteiger partial charge in [0, 0.05) is 32.2 Å². The van der Waals surface area contributed by atoms with Gasteiger partial charge in [-0.05, 0) is 31.4 Å². The van der Waals surface area contributed by atoms with Gasteiger partial charge in [-0.2, -0.15) is 0 Å². The summed E-state index contributed by atoms with van der Waals surface area (Å²) in [4.78, 5) is 16.3. The first kappa shape index (κ1) is 14.8. The first-order chi connectivity index (χ1) is 10.7. The maximum Gasteiger partial charge on any atom is 0.317 e. The van der Waals surface area contributed by atoms with Crippen LogP contribution in [-0.2, 0) is 0 Å². The molecule has 1 aromatic rings. The molecule has 0 spiro atoms. The Morgan fingerprint density at radius 3 is 2.59 bits per heavy atom. The number of aromatic hydroxyl groups is 1. The van der Waals surface area contributed by atoms with Gasteiger partial charge >= 0.3 is 6.03 Å². The number of phenolic OH excluding ortho intramolecular Hbond substituents is 1. The van der Waals surface area contributed by atoms with Crippen molar-refractivity contribution in [3.63, 3.8) is 0 Å². The molecule has 1 fully saturated rings. The lowest BCUT2D eigenvalue weighted by Gasteiger charge is -2.37. The molecule has 2 N–H and O–H groups in total. The van der Waals surface area contributed by atoms with Crippen molar-refractivity contribution < 1.29 is 9.90 Å². The largest absolute Gasteiger partial charge is 0.506 e. The van der Waals surface area contributed by atoms with E-state index in [4.69, 9.17) is 0 Å². The summed E-state index contributed by atoms with van der Waals surface area (Å²) in [7, 11) is 0. The zero-order valence-electron chi connectivity index (χ0n) is 12.7. The molecular formula is C17H23N3O2. The number of hydrogen-bond acceptors (Lipinski definition) is 3. The second-order valence-electron chi connectivity index (χ2n) is 5.89. The van der Waals surface area contributed by atoms with Crippen molar-refractivity contribution in [2.75, 3.05) is 31.1 Å². The van der Waals surface area contributed by atoms with E-state index in [0.29, 0.717) is 18.8 Å². The molecule has 5 nitrogen and oxygen atoms in total. The van der Waals surface area contributed by atoms with Gasteiger partial charge in [-0.3, -0.25) is 0 Å². The van der Waals surface area contributed by atoms with Gasteiger partial charge in [-0.1, -0.05) is 24.3 Å². The van der Waals surface area contributed by atoms with Crippen LogP contribution in [0.25, 0.3) is 0 Å². The summed E-state index contributed by atoms with van der Waals surface area (Å²) >= 11 is 0. The van der Waals surface area contributed by atoms with Crippen LogP contribution in [0.1, 0.15) is 19.3 Å². The van der Waals surface area contributed by atoms with E-state index in [1.165, 1.54) is 0 Å². The molecule has 0 bridgehead atoms. The van der Waals surface area contributed by atoms with E-state index in [2.05, 4.69) is 22.4 Å². The van der Waals surface area contributed by atoms with E-state index in [1.807, 2.05) is 23.1 Å². The molecule has 1 aliphatic heterocycles. The fourth-order valence-electron chi connectivity index (χ4n) is 3.07. The molecule has 22 heavy (non-hydrogen) atoms. The van der Waals surface area contributed by atoms with Crippen molar-refractivity contribution >= 4 is 11.7 Å². The zero-order chi connectivity index (χ0) is 15.4. The summed E-state index contributed by atoms with van der Waals surface area (Å²) in [6.07, 6.45) is 7.33. The smallest absolute Gasteiger partial charge is 0.317 e. The van der Waals surface area contributed by atoms with Crippen LogP contribution >= 0.6 is 0 Å². The first-order valence-corrected chi connectivity index (χ1v) is 7.97. The number of piperazine rings is 1. The topological polar surface area (TPSA) is 55.8 Å². The maximum absolute atomic E-state index is 12.3. The molecular weight excluding hydrogens is 278 g/mol. The predicted molar refractivity (Wildman–Crippen MR) is 87.2 cm³/mol. The van der Waals surface area contributed by atoms with E-state index < -0.39 is 0 Å². The molecule has 0 radical (unpaired) electrons. The standard InChI is InChI=1S/C17H23N3O2/c21-16-9-5-4-8-15(16)19-10-12-20(13-11-19)17(22)18-14-6-2-1-3-7-14/h1-2,4-5,8-9,14,21H,3,6-7,10-13H2,(H,18,22)/t14-/m0/s1. The molecule has 2 aliphatic rings. The Balaban J connectivity index is 1.52. The van der Waals surface area contributed by atoms with Crippen LogP contribution in [0, 0.1) is 0 Å². The Morgan fingerprint density at radius 1 is 1.14 bits per heavy atom. The average molecular weight is 301 g/mol. The first-order valence-electron chi connectivity index (χ1n) is 7.97. The highest BCUT2D eigenvalue weighted by molar-refractivity contribution is 5.75. The third-order valence-corrected chi connectivity index (χ3v) is 4.39. The Hall–Kier alpha value is -2.17. The summed E-state index contributed by atoms with van der Waals surface area (Å²) in [6.45, 7) is 2.86. The Kier molecular flexibility index (Phi) is 4.51. The Morgan fingerprint density at radius 2 is 1.91 bits per heavy atom. The highest BCUT2D eigenvalue weighted by atomic mass is 16.3. The number of carbonyl (C=O) groups excluding carboxylic acids is 1. The van der Waals surface area contributed by atoms with Crippen LogP contribution < -0.4 is 10.2 Å². The molecule has 3 rings (SSSR count). The molecule has 5 heteroatoms. The van der Waals surface area contributed by atoms with Crippen LogP contribution in [0.3, 0.4) is 0 Å². The molecule has 1 aliphatic carbocycles. The number of phenols is 1. The monoisotopic (exact) mass is 301 g/mol. The summed E-state index contributed by atoms with van der Waals surface area (Å²) in [5.74, 6) is 0.300. The van der Waals surface area contributed by atoms with Gasteiger partial charge in [0.15, 0.2) is 0 Å². The predicted octanol–water partition coefficient (Wildman–Crippen LogP) is 2.33. The fraction of sp³-hybridized carbons (Fsp3) is 0.471. The number of hydrogen-bond donors (Lipinski definition) is 2. The molecule has 0 aromatic heterocycles. The minimum absolute atomic E-state index is 0.0391. The van der Waals surface area contributed by atoms with E-state index in [1.54, 1.807) is 6.07 Å². The number of nitrogens with one attached hydrogen (secondary N) is 1. The van der Waals surface area contributed by atoms with Gasteiger partial charge in [-0.15, -0.1) is 0 Å². The SMILES string of the molecule is O=C(N[C@H]1CC=CCC1)N1CCN(c2ccccc2O)CC1.